The fourth-order valence-electron chi connectivity index (χ4n) is 2.02. The molecule has 0 bridgehead atoms. The lowest BCUT2D eigenvalue weighted by Gasteiger charge is -2.02. The predicted octanol–water partition coefficient (Wildman–Crippen LogP) is 4.03. The number of unbranched alkanes of at least 4 members (excludes halogenated alkanes) is 10. The Morgan fingerprint density at radius 3 is 1.42 bits per heavy atom. The maximum absolute atomic E-state index is 10.8. The maximum atomic E-state index is 10.8. The molecule has 0 aromatic rings. The highest BCUT2D eigenvalue weighted by atomic mass is 79.9. The number of halogens is 1. The normalized spacial score (nSPS) is 13.8. The zero-order valence-electron chi connectivity index (χ0n) is 11.8. The van der Waals surface area contributed by atoms with Gasteiger partial charge in [0.15, 0.2) is 0 Å². The van der Waals surface area contributed by atoms with Crippen LogP contribution in [-0.2, 0) is 20.0 Å². The molecule has 3 N–H and O–H groups in total. The molecule has 0 rings (SSSR count). The van der Waals surface area contributed by atoms with Crippen molar-refractivity contribution in [3.05, 3.63) is 0 Å². The first kappa shape index (κ1) is 22.1. The van der Waals surface area contributed by atoms with E-state index in [1.807, 2.05) is 0 Å². The Kier molecular flexibility index (Phi) is 17.6. The predicted molar refractivity (Wildman–Crippen MR) is 93.2 cm³/mol. The highest BCUT2D eigenvalue weighted by Gasteiger charge is 1.99. The van der Waals surface area contributed by atoms with E-state index in [9.17, 15) is 4.21 Å². The van der Waals surface area contributed by atoms with Crippen LogP contribution in [-0.4, -0.2) is 21.1 Å². The van der Waals surface area contributed by atoms with Crippen molar-refractivity contribution in [2.24, 2.45) is 5.73 Å². The molecule has 0 saturated heterocycles. The van der Waals surface area contributed by atoms with Gasteiger partial charge in [0.1, 0.15) is 8.77 Å². The number of hydrogen-bond donors (Lipinski definition) is 2. The maximum Gasteiger partial charge on any atom is 0.141 e. The van der Waals surface area contributed by atoms with Crippen molar-refractivity contribution in [1.29, 1.82) is 0 Å². The summed E-state index contributed by atoms with van der Waals surface area (Å²) in [5.41, 5.74) is 5.44. The molecule has 3 nitrogen and oxygen atoms in total. The molecule has 6 heteroatoms. The summed E-state index contributed by atoms with van der Waals surface area (Å²) in [6.07, 6.45) is 13.3. The molecule has 0 fully saturated rings. The minimum atomic E-state index is -2.91. The summed E-state index contributed by atoms with van der Waals surface area (Å²) in [5, 5.41) is 0. The van der Waals surface area contributed by atoms with Crippen LogP contribution in [0.4, 0.5) is 0 Å². The summed E-state index contributed by atoms with van der Waals surface area (Å²) in [6.45, 7) is 0.824. The van der Waals surface area contributed by atoms with Gasteiger partial charge in [-0.2, -0.15) is 0 Å². The van der Waals surface area contributed by atoms with Crippen molar-refractivity contribution in [2.45, 2.75) is 70.6 Å². The van der Waals surface area contributed by atoms with Gasteiger partial charge in [-0.25, -0.2) is 4.21 Å². The monoisotopic (exact) mass is 375 g/mol. The van der Waals surface area contributed by atoms with Gasteiger partial charge in [0, 0.05) is 16.9 Å². The SMILES string of the molecule is Br.NCCCCCCCCCCCCCS(=O)(O)=S. The van der Waals surface area contributed by atoms with Gasteiger partial charge < -0.3 is 10.3 Å². The molecule has 0 aliphatic carbocycles. The summed E-state index contributed by atoms with van der Waals surface area (Å²) in [7, 11) is -2.91. The van der Waals surface area contributed by atoms with Crippen LogP contribution < -0.4 is 5.73 Å². The van der Waals surface area contributed by atoms with Gasteiger partial charge in [-0.05, 0) is 19.4 Å². The summed E-state index contributed by atoms with van der Waals surface area (Å²) < 4.78 is 19.7. The molecule has 0 saturated carbocycles. The van der Waals surface area contributed by atoms with Gasteiger partial charge in [-0.3, -0.25) is 0 Å². The quantitative estimate of drug-likeness (QED) is 0.476. The third-order valence-electron chi connectivity index (χ3n) is 3.11. The van der Waals surface area contributed by atoms with Crippen LogP contribution in [0.3, 0.4) is 0 Å². The zero-order valence-corrected chi connectivity index (χ0v) is 15.2. The molecular weight excluding hydrogens is 346 g/mol. The van der Waals surface area contributed by atoms with E-state index in [4.69, 9.17) is 10.3 Å². The van der Waals surface area contributed by atoms with E-state index in [1.54, 1.807) is 0 Å². The standard InChI is InChI=1S/C13H29NO2S2.BrH/c14-12-10-8-6-4-2-1-3-5-7-9-11-13-18(15,16)17;/h1-14H2,(H,15,16,17);1H. The third-order valence-corrected chi connectivity index (χ3v) is 4.41. The molecule has 0 aliphatic rings. The summed E-state index contributed by atoms with van der Waals surface area (Å²) in [5.74, 6) is 0.281. The second-order valence-corrected chi connectivity index (χ2v) is 8.10. The lowest BCUT2D eigenvalue weighted by atomic mass is 10.1. The van der Waals surface area contributed by atoms with Gasteiger partial charge in [-0.15, -0.1) is 17.0 Å². The fraction of sp³-hybridized carbons (Fsp3) is 1.00. The molecule has 0 aromatic heterocycles. The highest BCUT2D eigenvalue weighted by molar-refractivity contribution is 8.93. The molecule has 1 unspecified atom stereocenters. The molecule has 0 radical (unpaired) electrons. The fourth-order valence-corrected chi connectivity index (χ4v) is 2.94. The van der Waals surface area contributed by atoms with Gasteiger partial charge in [0.25, 0.3) is 0 Å². The van der Waals surface area contributed by atoms with E-state index in [-0.39, 0.29) is 22.7 Å². The van der Waals surface area contributed by atoms with E-state index >= 15 is 0 Å². The Labute approximate surface area is 134 Å². The van der Waals surface area contributed by atoms with Crippen molar-refractivity contribution >= 4 is 36.9 Å². The average molecular weight is 376 g/mol. The van der Waals surface area contributed by atoms with Crippen LogP contribution in [0.5, 0.6) is 0 Å². The van der Waals surface area contributed by atoms with E-state index in [1.165, 1.54) is 44.9 Å². The lowest BCUT2D eigenvalue weighted by Crippen LogP contribution is -2.01. The Morgan fingerprint density at radius 2 is 1.11 bits per heavy atom. The molecule has 118 valence electrons. The molecule has 1 atom stereocenters. The Bertz CT molecular complexity index is 272. The second kappa shape index (κ2) is 15.2. The van der Waals surface area contributed by atoms with Crippen LogP contribution in [0, 0.1) is 0 Å². The first-order chi connectivity index (χ1) is 8.56. The molecule has 0 spiro atoms. The van der Waals surface area contributed by atoms with Crippen molar-refractivity contribution < 1.29 is 8.76 Å². The largest absolute Gasteiger partial charge is 0.330 e. The van der Waals surface area contributed by atoms with Gasteiger partial charge in [0.05, 0.1) is 0 Å². The van der Waals surface area contributed by atoms with Gasteiger partial charge in [-0.1, -0.05) is 57.8 Å². The van der Waals surface area contributed by atoms with Gasteiger partial charge in [0.2, 0.25) is 0 Å². The van der Waals surface area contributed by atoms with Crippen molar-refractivity contribution in [1.82, 2.24) is 0 Å². The summed E-state index contributed by atoms with van der Waals surface area (Å²) in [4.78, 5) is 0. The summed E-state index contributed by atoms with van der Waals surface area (Å²) in [6, 6.07) is 0. The minimum Gasteiger partial charge on any atom is -0.330 e. The van der Waals surface area contributed by atoms with Crippen LogP contribution in [0.25, 0.3) is 0 Å². The van der Waals surface area contributed by atoms with Gasteiger partial charge >= 0.3 is 0 Å². The van der Waals surface area contributed by atoms with Crippen molar-refractivity contribution in [3.8, 4) is 0 Å². The molecular formula is C13H30BrNO2S2. The average Bonchev–Trinajstić information content (AvgIpc) is 2.29. The number of rotatable bonds is 13. The molecule has 0 aromatic carbocycles. The highest BCUT2D eigenvalue weighted by Crippen LogP contribution is 2.11. The third kappa shape index (κ3) is 21.2. The van der Waals surface area contributed by atoms with Crippen LogP contribution in [0.2, 0.25) is 0 Å². The van der Waals surface area contributed by atoms with E-state index < -0.39 is 8.77 Å². The van der Waals surface area contributed by atoms with E-state index in [0.29, 0.717) is 0 Å². The first-order valence-corrected chi connectivity index (χ1v) is 9.82. The Morgan fingerprint density at radius 1 is 0.789 bits per heavy atom. The number of nitrogens with two attached hydrogens (primary N) is 1. The topological polar surface area (TPSA) is 63.3 Å². The lowest BCUT2D eigenvalue weighted by molar-refractivity contribution is 0.542. The molecule has 19 heavy (non-hydrogen) atoms. The van der Waals surface area contributed by atoms with Crippen LogP contribution in [0.15, 0.2) is 0 Å². The van der Waals surface area contributed by atoms with Crippen LogP contribution in [0.1, 0.15) is 70.6 Å². The molecule has 0 heterocycles. The molecule has 0 amide bonds. The number of hydrogen-bond acceptors (Lipinski definition) is 3. The Hall–Kier alpha value is 0.770. The smallest absolute Gasteiger partial charge is 0.141 e. The van der Waals surface area contributed by atoms with E-state index in [2.05, 4.69) is 11.2 Å². The van der Waals surface area contributed by atoms with Crippen molar-refractivity contribution in [3.63, 3.8) is 0 Å². The van der Waals surface area contributed by atoms with Crippen molar-refractivity contribution in [2.75, 3.05) is 12.3 Å². The summed E-state index contributed by atoms with van der Waals surface area (Å²) >= 11 is 4.44. The first-order valence-electron chi connectivity index (χ1n) is 7.21. The Balaban J connectivity index is 0. The zero-order chi connectivity index (χ0) is 13.7. The molecule has 0 aliphatic heterocycles. The van der Waals surface area contributed by atoms with Crippen LogP contribution >= 0.6 is 17.0 Å². The second-order valence-electron chi connectivity index (χ2n) is 4.96. The minimum absolute atomic E-state index is 0. The van der Waals surface area contributed by atoms with E-state index in [0.717, 1.165) is 32.2 Å².